The van der Waals surface area contributed by atoms with Crippen molar-refractivity contribution >= 4 is 5.97 Å². The number of hydrogen-bond acceptors (Lipinski definition) is 2. The lowest BCUT2D eigenvalue weighted by Gasteiger charge is -2.40. The molecular weight excluding hydrogens is 238 g/mol. The van der Waals surface area contributed by atoms with Gasteiger partial charge in [-0.15, -0.1) is 0 Å². The molecule has 0 aliphatic carbocycles. The fourth-order valence-corrected chi connectivity index (χ4v) is 3.18. The molecule has 1 fully saturated rings. The maximum atomic E-state index is 12.1. The van der Waals surface area contributed by atoms with Crippen molar-refractivity contribution < 1.29 is 9.90 Å². The highest BCUT2D eigenvalue weighted by molar-refractivity contribution is 5.81. The molecular formula is C16H23NO2. The van der Waals surface area contributed by atoms with Crippen LogP contribution < -0.4 is 0 Å². The van der Waals surface area contributed by atoms with E-state index in [1.54, 1.807) is 0 Å². The van der Waals surface area contributed by atoms with Gasteiger partial charge in [0.15, 0.2) is 0 Å². The normalized spacial score (nSPS) is 19.5. The van der Waals surface area contributed by atoms with Crippen molar-refractivity contribution in [2.24, 2.45) is 5.92 Å². The molecule has 1 heterocycles. The SMILES string of the molecule is CC(C)CC(C(=O)O)(c1ccccc1)N1CCCC1. The average Bonchev–Trinajstić information content (AvgIpc) is 2.90. The third kappa shape index (κ3) is 2.66. The van der Waals surface area contributed by atoms with E-state index in [0.29, 0.717) is 12.3 Å². The minimum Gasteiger partial charge on any atom is -0.480 e. The molecule has 104 valence electrons. The standard InChI is InChI=1S/C16H23NO2/c1-13(2)12-16(15(18)19,17-10-6-7-11-17)14-8-4-3-5-9-14/h3-5,8-9,13H,6-7,10-12H2,1-2H3,(H,18,19). The molecule has 1 unspecified atom stereocenters. The molecule has 0 aromatic heterocycles. The van der Waals surface area contributed by atoms with Gasteiger partial charge in [-0.25, -0.2) is 4.79 Å². The number of carboxylic acids is 1. The van der Waals surface area contributed by atoms with Crippen LogP contribution in [-0.2, 0) is 10.3 Å². The zero-order valence-corrected chi connectivity index (χ0v) is 11.8. The van der Waals surface area contributed by atoms with Crippen molar-refractivity contribution in [1.29, 1.82) is 0 Å². The Morgan fingerprint density at radius 1 is 1.26 bits per heavy atom. The van der Waals surface area contributed by atoms with E-state index in [1.807, 2.05) is 30.3 Å². The third-order valence-electron chi connectivity index (χ3n) is 3.95. The molecule has 0 radical (unpaired) electrons. The van der Waals surface area contributed by atoms with Crippen molar-refractivity contribution in [2.45, 2.75) is 38.6 Å². The highest BCUT2D eigenvalue weighted by Gasteiger charge is 2.46. The largest absolute Gasteiger partial charge is 0.480 e. The number of likely N-dealkylation sites (tertiary alicyclic amines) is 1. The topological polar surface area (TPSA) is 40.5 Å². The van der Waals surface area contributed by atoms with Crippen molar-refractivity contribution in [3.8, 4) is 0 Å². The number of carbonyl (C=O) groups is 1. The first-order valence-corrected chi connectivity index (χ1v) is 7.11. The maximum Gasteiger partial charge on any atom is 0.328 e. The van der Waals surface area contributed by atoms with Crippen LogP contribution >= 0.6 is 0 Å². The quantitative estimate of drug-likeness (QED) is 0.885. The van der Waals surface area contributed by atoms with Gasteiger partial charge >= 0.3 is 5.97 Å². The van der Waals surface area contributed by atoms with Gasteiger partial charge in [0.1, 0.15) is 5.54 Å². The predicted octanol–water partition coefficient (Wildman–Crippen LogP) is 3.11. The monoisotopic (exact) mass is 261 g/mol. The average molecular weight is 261 g/mol. The summed E-state index contributed by atoms with van der Waals surface area (Å²) in [5, 5.41) is 9.94. The van der Waals surface area contributed by atoms with Gasteiger partial charge in [-0.3, -0.25) is 4.90 Å². The summed E-state index contributed by atoms with van der Waals surface area (Å²) in [6.07, 6.45) is 2.85. The van der Waals surface area contributed by atoms with Crippen LogP contribution in [-0.4, -0.2) is 29.1 Å². The van der Waals surface area contributed by atoms with Gasteiger partial charge < -0.3 is 5.11 Å². The van der Waals surface area contributed by atoms with E-state index < -0.39 is 11.5 Å². The Bertz CT molecular complexity index is 424. The lowest BCUT2D eigenvalue weighted by molar-refractivity contribution is -0.153. The highest BCUT2D eigenvalue weighted by Crippen LogP contribution is 2.37. The fraction of sp³-hybridized carbons (Fsp3) is 0.562. The van der Waals surface area contributed by atoms with Crippen molar-refractivity contribution in [3.05, 3.63) is 35.9 Å². The Balaban J connectivity index is 2.48. The highest BCUT2D eigenvalue weighted by atomic mass is 16.4. The van der Waals surface area contributed by atoms with Gasteiger partial charge in [0.2, 0.25) is 0 Å². The van der Waals surface area contributed by atoms with Gasteiger partial charge in [0.25, 0.3) is 0 Å². The van der Waals surface area contributed by atoms with Crippen molar-refractivity contribution in [1.82, 2.24) is 4.90 Å². The third-order valence-corrected chi connectivity index (χ3v) is 3.95. The van der Waals surface area contributed by atoms with Crippen molar-refractivity contribution in [3.63, 3.8) is 0 Å². The fourth-order valence-electron chi connectivity index (χ4n) is 3.18. The molecule has 3 nitrogen and oxygen atoms in total. The van der Waals surface area contributed by atoms with E-state index in [2.05, 4.69) is 18.7 Å². The Kier molecular flexibility index (Phi) is 4.25. The summed E-state index contributed by atoms with van der Waals surface area (Å²) < 4.78 is 0. The van der Waals surface area contributed by atoms with E-state index in [4.69, 9.17) is 0 Å². The molecule has 1 saturated heterocycles. The van der Waals surface area contributed by atoms with Gasteiger partial charge in [0, 0.05) is 0 Å². The summed E-state index contributed by atoms with van der Waals surface area (Å²) >= 11 is 0. The first-order chi connectivity index (χ1) is 9.07. The molecule has 1 atom stereocenters. The maximum absolute atomic E-state index is 12.1. The van der Waals surface area contributed by atoms with Crippen LogP contribution in [0.15, 0.2) is 30.3 Å². The molecule has 0 amide bonds. The number of carboxylic acid groups (broad SMARTS) is 1. The summed E-state index contributed by atoms with van der Waals surface area (Å²) in [6.45, 7) is 5.95. The van der Waals surface area contributed by atoms with E-state index in [1.165, 1.54) is 0 Å². The van der Waals surface area contributed by atoms with E-state index in [-0.39, 0.29) is 0 Å². The second-order valence-corrected chi connectivity index (χ2v) is 5.82. The van der Waals surface area contributed by atoms with Crippen LogP contribution in [0.1, 0.15) is 38.7 Å². The molecule has 1 N–H and O–H groups in total. The molecule has 1 aromatic carbocycles. The molecule has 0 bridgehead atoms. The summed E-state index contributed by atoms with van der Waals surface area (Å²) in [5.74, 6) is -0.369. The predicted molar refractivity (Wildman–Crippen MR) is 76.0 cm³/mol. The summed E-state index contributed by atoms with van der Waals surface area (Å²) in [7, 11) is 0. The Morgan fingerprint density at radius 3 is 2.32 bits per heavy atom. The number of rotatable bonds is 5. The van der Waals surface area contributed by atoms with Crippen LogP contribution in [0, 0.1) is 5.92 Å². The van der Waals surface area contributed by atoms with E-state index >= 15 is 0 Å². The first kappa shape index (κ1) is 14.1. The van der Waals surface area contributed by atoms with Crippen LogP contribution in [0.3, 0.4) is 0 Å². The zero-order valence-electron chi connectivity index (χ0n) is 11.8. The van der Waals surface area contributed by atoms with Gasteiger partial charge in [0.05, 0.1) is 0 Å². The first-order valence-electron chi connectivity index (χ1n) is 7.11. The number of nitrogens with zero attached hydrogens (tertiary/aromatic N) is 1. The molecule has 2 rings (SSSR count). The Labute approximate surface area is 115 Å². The lowest BCUT2D eigenvalue weighted by atomic mass is 9.81. The lowest BCUT2D eigenvalue weighted by Crippen LogP contribution is -2.51. The summed E-state index contributed by atoms with van der Waals surface area (Å²) in [6, 6.07) is 9.71. The molecule has 0 saturated carbocycles. The zero-order chi connectivity index (χ0) is 13.9. The van der Waals surface area contributed by atoms with Gasteiger partial charge in [-0.1, -0.05) is 44.2 Å². The van der Waals surface area contributed by atoms with Crippen LogP contribution in [0.5, 0.6) is 0 Å². The van der Waals surface area contributed by atoms with Gasteiger partial charge in [-0.05, 0) is 43.8 Å². The second kappa shape index (κ2) is 5.74. The minimum absolute atomic E-state index is 0.344. The van der Waals surface area contributed by atoms with Crippen molar-refractivity contribution in [2.75, 3.05) is 13.1 Å². The Hall–Kier alpha value is -1.35. The second-order valence-electron chi connectivity index (χ2n) is 5.82. The minimum atomic E-state index is -0.855. The number of hydrogen-bond donors (Lipinski definition) is 1. The van der Waals surface area contributed by atoms with Crippen LogP contribution in [0.2, 0.25) is 0 Å². The molecule has 1 aliphatic heterocycles. The van der Waals surface area contributed by atoms with E-state index in [9.17, 15) is 9.90 Å². The molecule has 1 aliphatic rings. The summed E-state index contributed by atoms with van der Waals surface area (Å²) in [4.78, 5) is 14.3. The van der Waals surface area contributed by atoms with Crippen LogP contribution in [0.4, 0.5) is 0 Å². The Morgan fingerprint density at radius 2 is 1.84 bits per heavy atom. The molecule has 1 aromatic rings. The van der Waals surface area contributed by atoms with E-state index in [0.717, 1.165) is 31.5 Å². The molecule has 0 spiro atoms. The molecule has 3 heteroatoms. The molecule has 19 heavy (non-hydrogen) atoms. The number of benzene rings is 1. The van der Waals surface area contributed by atoms with Crippen LogP contribution in [0.25, 0.3) is 0 Å². The number of aliphatic carboxylic acids is 1. The smallest absolute Gasteiger partial charge is 0.328 e. The van der Waals surface area contributed by atoms with Gasteiger partial charge in [-0.2, -0.15) is 0 Å². The summed E-state index contributed by atoms with van der Waals surface area (Å²) in [5.41, 5.74) is 0.0597.